The molecule has 0 aromatic heterocycles. The highest BCUT2D eigenvalue weighted by Gasteiger charge is 2.18. The standard InChI is InChI=1S/C12H15Cl2N3O2/c1-2-7(6-10(15)17-19)16-12(18)11-8(13)4-3-5-9(11)14/h3-5,7,19H,2,6H2,1H3,(H2,15,17)(H,16,18). The van der Waals surface area contributed by atoms with Gasteiger partial charge in [0.1, 0.15) is 5.84 Å². The van der Waals surface area contributed by atoms with Crippen LogP contribution >= 0.6 is 23.2 Å². The maximum atomic E-state index is 12.1. The Hall–Kier alpha value is -1.46. The zero-order chi connectivity index (χ0) is 14.4. The maximum Gasteiger partial charge on any atom is 0.254 e. The Labute approximate surface area is 121 Å². The van der Waals surface area contributed by atoms with Gasteiger partial charge in [-0.15, -0.1) is 0 Å². The predicted molar refractivity (Wildman–Crippen MR) is 76.0 cm³/mol. The van der Waals surface area contributed by atoms with E-state index in [1.165, 1.54) is 0 Å². The van der Waals surface area contributed by atoms with E-state index >= 15 is 0 Å². The van der Waals surface area contributed by atoms with Gasteiger partial charge in [-0.1, -0.05) is 41.3 Å². The number of nitrogens with one attached hydrogen (secondary N) is 1. The Bertz CT molecular complexity index is 472. The molecule has 1 aromatic rings. The summed E-state index contributed by atoms with van der Waals surface area (Å²) < 4.78 is 0. The van der Waals surface area contributed by atoms with E-state index in [0.717, 1.165) is 0 Å². The average Bonchev–Trinajstić information content (AvgIpc) is 2.37. The molecule has 0 heterocycles. The third-order valence-corrected chi connectivity index (χ3v) is 3.23. The number of nitrogens with two attached hydrogens (primary N) is 1. The van der Waals surface area contributed by atoms with Crippen molar-refractivity contribution in [3.05, 3.63) is 33.8 Å². The van der Waals surface area contributed by atoms with Gasteiger partial charge in [0, 0.05) is 12.5 Å². The first-order valence-electron chi connectivity index (χ1n) is 5.70. The molecule has 5 nitrogen and oxygen atoms in total. The molecule has 0 radical (unpaired) electrons. The molecule has 0 saturated heterocycles. The number of oxime groups is 1. The minimum atomic E-state index is -0.381. The maximum absolute atomic E-state index is 12.1. The molecule has 0 aliphatic rings. The zero-order valence-electron chi connectivity index (χ0n) is 10.4. The van der Waals surface area contributed by atoms with E-state index in [0.29, 0.717) is 6.42 Å². The lowest BCUT2D eigenvalue weighted by Crippen LogP contribution is -2.37. The van der Waals surface area contributed by atoms with Crippen molar-refractivity contribution >= 4 is 34.9 Å². The highest BCUT2D eigenvalue weighted by Crippen LogP contribution is 2.24. The SMILES string of the molecule is CCC(C/C(N)=N/O)NC(=O)c1c(Cl)cccc1Cl. The summed E-state index contributed by atoms with van der Waals surface area (Å²) in [5.74, 6) is -0.328. The molecule has 7 heteroatoms. The molecule has 0 bridgehead atoms. The lowest BCUT2D eigenvalue weighted by atomic mass is 10.1. The first kappa shape index (κ1) is 15.6. The van der Waals surface area contributed by atoms with Crippen LogP contribution in [0.3, 0.4) is 0 Å². The van der Waals surface area contributed by atoms with E-state index in [1.54, 1.807) is 18.2 Å². The number of hydrogen-bond acceptors (Lipinski definition) is 3. The summed E-state index contributed by atoms with van der Waals surface area (Å²) in [5.41, 5.74) is 5.65. The van der Waals surface area contributed by atoms with Crippen molar-refractivity contribution in [3.63, 3.8) is 0 Å². The summed E-state index contributed by atoms with van der Waals surface area (Å²) in [7, 11) is 0. The van der Waals surface area contributed by atoms with Crippen molar-refractivity contribution in [2.45, 2.75) is 25.8 Å². The molecule has 1 aromatic carbocycles. The molecule has 1 atom stereocenters. The number of nitrogens with zero attached hydrogens (tertiary/aromatic N) is 1. The molecular weight excluding hydrogens is 289 g/mol. The van der Waals surface area contributed by atoms with Crippen LogP contribution in [0, 0.1) is 0 Å². The van der Waals surface area contributed by atoms with Gasteiger partial charge >= 0.3 is 0 Å². The van der Waals surface area contributed by atoms with Crippen LogP contribution in [-0.4, -0.2) is 23.0 Å². The second-order valence-corrected chi connectivity index (χ2v) is 4.79. The third kappa shape index (κ3) is 4.29. The van der Waals surface area contributed by atoms with E-state index < -0.39 is 0 Å². The van der Waals surface area contributed by atoms with Gasteiger partial charge in [0.2, 0.25) is 0 Å². The van der Waals surface area contributed by atoms with Gasteiger partial charge in [0.15, 0.2) is 0 Å². The van der Waals surface area contributed by atoms with Crippen molar-refractivity contribution in [2.24, 2.45) is 10.9 Å². The average molecular weight is 304 g/mol. The van der Waals surface area contributed by atoms with Crippen molar-refractivity contribution in [3.8, 4) is 0 Å². The van der Waals surface area contributed by atoms with Crippen LogP contribution in [0.2, 0.25) is 10.0 Å². The van der Waals surface area contributed by atoms with Crippen LogP contribution in [-0.2, 0) is 0 Å². The van der Waals surface area contributed by atoms with Gasteiger partial charge in [-0.05, 0) is 18.6 Å². The molecule has 0 aliphatic heterocycles. The normalized spacial score (nSPS) is 13.1. The topological polar surface area (TPSA) is 87.7 Å². The Morgan fingerprint density at radius 3 is 2.53 bits per heavy atom. The third-order valence-electron chi connectivity index (χ3n) is 2.60. The molecule has 0 fully saturated rings. The lowest BCUT2D eigenvalue weighted by Gasteiger charge is -2.17. The largest absolute Gasteiger partial charge is 0.409 e. The van der Waals surface area contributed by atoms with Gasteiger partial charge in [-0.25, -0.2) is 0 Å². The van der Waals surface area contributed by atoms with E-state index in [2.05, 4.69) is 10.5 Å². The number of carbonyl (C=O) groups is 1. The summed E-state index contributed by atoms with van der Waals surface area (Å²) in [6, 6.07) is 4.59. The van der Waals surface area contributed by atoms with Crippen LogP contribution < -0.4 is 11.1 Å². The fraction of sp³-hybridized carbons (Fsp3) is 0.333. The summed E-state index contributed by atoms with van der Waals surface area (Å²) in [6.07, 6.45) is 0.880. The molecular formula is C12H15Cl2N3O2. The highest BCUT2D eigenvalue weighted by molar-refractivity contribution is 6.39. The lowest BCUT2D eigenvalue weighted by molar-refractivity contribution is 0.0937. The second kappa shape index (κ2) is 7.21. The quantitative estimate of drug-likeness (QED) is 0.338. The molecule has 1 amide bonds. The fourth-order valence-corrected chi connectivity index (χ4v) is 2.13. The molecule has 1 rings (SSSR count). The van der Waals surface area contributed by atoms with Crippen LogP contribution in [0.15, 0.2) is 23.4 Å². The molecule has 1 unspecified atom stereocenters. The fourth-order valence-electron chi connectivity index (χ4n) is 1.56. The number of amides is 1. The van der Waals surface area contributed by atoms with Crippen LogP contribution in [0.5, 0.6) is 0 Å². The molecule has 19 heavy (non-hydrogen) atoms. The van der Waals surface area contributed by atoms with E-state index in [1.807, 2.05) is 6.92 Å². The summed E-state index contributed by atoms with van der Waals surface area (Å²) >= 11 is 11.9. The monoisotopic (exact) mass is 303 g/mol. The zero-order valence-corrected chi connectivity index (χ0v) is 11.9. The van der Waals surface area contributed by atoms with Crippen molar-refractivity contribution < 1.29 is 10.0 Å². The summed E-state index contributed by atoms with van der Waals surface area (Å²) in [5, 5.41) is 14.7. The van der Waals surface area contributed by atoms with Crippen molar-refractivity contribution in [1.82, 2.24) is 5.32 Å². The van der Waals surface area contributed by atoms with Gasteiger partial charge in [-0.2, -0.15) is 0 Å². The number of amidine groups is 1. The van der Waals surface area contributed by atoms with Crippen LogP contribution in [0.4, 0.5) is 0 Å². The highest BCUT2D eigenvalue weighted by atomic mass is 35.5. The summed E-state index contributed by atoms with van der Waals surface area (Å²) in [4.78, 5) is 12.1. The predicted octanol–water partition coefficient (Wildman–Crippen LogP) is 2.64. The van der Waals surface area contributed by atoms with Gasteiger partial charge in [0.05, 0.1) is 15.6 Å². The van der Waals surface area contributed by atoms with Crippen LogP contribution in [0.25, 0.3) is 0 Å². The Kier molecular flexibility index (Phi) is 5.92. The minimum Gasteiger partial charge on any atom is -0.409 e. The first-order chi connectivity index (χ1) is 8.99. The van der Waals surface area contributed by atoms with E-state index in [4.69, 9.17) is 34.1 Å². The van der Waals surface area contributed by atoms with Crippen molar-refractivity contribution in [2.75, 3.05) is 0 Å². The van der Waals surface area contributed by atoms with Gasteiger partial charge in [-0.3, -0.25) is 4.79 Å². The van der Waals surface area contributed by atoms with Crippen LogP contribution in [0.1, 0.15) is 30.1 Å². The molecule has 0 aliphatic carbocycles. The number of carbonyl (C=O) groups excluding carboxylic acids is 1. The molecule has 0 saturated carbocycles. The number of benzene rings is 1. The minimum absolute atomic E-state index is 0.0532. The molecule has 0 spiro atoms. The number of hydrogen-bond donors (Lipinski definition) is 3. The first-order valence-corrected chi connectivity index (χ1v) is 6.46. The Morgan fingerprint density at radius 1 is 1.47 bits per heavy atom. The summed E-state index contributed by atoms with van der Waals surface area (Å²) in [6.45, 7) is 1.88. The number of halogens is 2. The van der Waals surface area contributed by atoms with Crippen molar-refractivity contribution in [1.29, 1.82) is 0 Å². The van der Waals surface area contributed by atoms with Gasteiger partial charge < -0.3 is 16.3 Å². The van der Waals surface area contributed by atoms with E-state index in [-0.39, 0.29) is 39.8 Å². The molecule has 4 N–H and O–H groups in total. The van der Waals surface area contributed by atoms with Gasteiger partial charge in [0.25, 0.3) is 5.91 Å². The Balaban J connectivity index is 2.83. The smallest absolute Gasteiger partial charge is 0.254 e. The molecule has 104 valence electrons. The number of rotatable bonds is 5. The van der Waals surface area contributed by atoms with E-state index in [9.17, 15) is 4.79 Å². The Morgan fingerprint density at radius 2 is 2.05 bits per heavy atom. The second-order valence-electron chi connectivity index (χ2n) is 3.97.